The summed E-state index contributed by atoms with van der Waals surface area (Å²) in [5, 5.41) is 13.1. The molecule has 4 aromatic rings. The number of nitrogens with one attached hydrogen (secondary N) is 2. The van der Waals surface area contributed by atoms with Gasteiger partial charge in [0.15, 0.2) is 0 Å². The zero-order valence-corrected chi connectivity index (χ0v) is 12.4. The van der Waals surface area contributed by atoms with Crippen molar-refractivity contribution in [2.75, 3.05) is 5.32 Å². The lowest BCUT2D eigenvalue weighted by Crippen LogP contribution is -2.04. The molecule has 0 aliphatic carbocycles. The van der Waals surface area contributed by atoms with Gasteiger partial charge in [-0.2, -0.15) is 5.10 Å². The van der Waals surface area contributed by atoms with Crippen LogP contribution in [-0.4, -0.2) is 10.2 Å². The largest absolute Gasteiger partial charge is 0.378 e. The first kappa shape index (κ1) is 12.4. The van der Waals surface area contributed by atoms with Crippen molar-refractivity contribution in [3.8, 4) is 0 Å². The third-order valence-corrected chi connectivity index (χ3v) is 5.00. The molecular weight excluding hydrogens is 278 g/mol. The van der Waals surface area contributed by atoms with E-state index in [1.165, 1.54) is 15.0 Å². The first-order chi connectivity index (χ1) is 10.3. The van der Waals surface area contributed by atoms with Gasteiger partial charge in [-0.15, -0.1) is 11.3 Å². The number of anilines is 1. The Labute approximate surface area is 126 Å². The lowest BCUT2D eigenvalue weighted by Gasteiger charge is -2.13. The summed E-state index contributed by atoms with van der Waals surface area (Å²) in [6, 6.07) is 17.4. The molecule has 0 spiro atoms. The fourth-order valence-corrected chi connectivity index (χ4v) is 3.63. The van der Waals surface area contributed by atoms with Crippen molar-refractivity contribution < 1.29 is 0 Å². The Kier molecular flexibility index (Phi) is 2.89. The van der Waals surface area contributed by atoms with E-state index in [9.17, 15) is 0 Å². The van der Waals surface area contributed by atoms with Gasteiger partial charge < -0.3 is 5.32 Å². The number of rotatable bonds is 3. The molecule has 21 heavy (non-hydrogen) atoms. The maximum Gasteiger partial charge on any atom is 0.0670 e. The summed E-state index contributed by atoms with van der Waals surface area (Å²) in [6.45, 7) is 2.20. The summed E-state index contributed by atoms with van der Waals surface area (Å²) in [6.07, 6.45) is 1.84. The van der Waals surface area contributed by atoms with Crippen LogP contribution in [0.15, 0.2) is 54.7 Å². The molecule has 0 saturated carbocycles. The van der Waals surface area contributed by atoms with E-state index in [0.29, 0.717) is 0 Å². The van der Waals surface area contributed by atoms with Crippen LogP contribution in [0.3, 0.4) is 0 Å². The second-order valence-corrected chi connectivity index (χ2v) is 6.34. The summed E-state index contributed by atoms with van der Waals surface area (Å²) in [4.78, 5) is 1.35. The summed E-state index contributed by atoms with van der Waals surface area (Å²) in [7, 11) is 0. The van der Waals surface area contributed by atoms with Gasteiger partial charge in [-0.25, -0.2) is 0 Å². The molecule has 0 fully saturated rings. The second-order valence-electron chi connectivity index (χ2n) is 5.22. The number of thiophene rings is 1. The van der Waals surface area contributed by atoms with Crippen LogP contribution >= 0.6 is 11.3 Å². The van der Waals surface area contributed by atoms with Crippen LogP contribution in [-0.2, 0) is 0 Å². The minimum absolute atomic E-state index is 0.280. The van der Waals surface area contributed by atoms with E-state index in [0.717, 1.165) is 16.6 Å². The lowest BCUT2D eigenvalue weighted by molar-refractivity contribution is 0.909. The van der Waals surface area contributed by atoms with E-state index < -0.39 is 0 Å². The van der Waals surface area contributed by atoms with Crippen LogP contribution in [0.25, 0.3) is 21.0 Å². The monoisotopic (exact) mass is 293 g/mol. The highest BCUT2D eigenvalue weighted by atomic mass is 32.1. The lowest BCUT2D eigenvalue weighted by atomic mass is 10.2. The van der Waals surface area contributed by atoms with Crippen LogP contribution in [0.1, 0.15) is 17.8 Å². The fourth-order valence-electron chi connectivity index (χ4n) is 2.56. The second kappa shape index (κ2) is 4.90. The van der Waals surface area contributed by atoms with Gasteiger partial charge in [0, 0.05) is 20.7 Å². The van der Waals surface area contributed by atoms with Crippen molar-refractivity contribution >= 4 is 38.0 Å². The predicted molar refractivity (Wildman–Crippen MR) is 90.0 cm³/mol. The molecule has 2 heterocycles. The van der Waals surface area contributed by atoms with Gasteiger partial charge in [0.25, 0.3) is 0 Å². The van der Waals surface area contributed by atoms with Crippen LogP contribution < -0.4 is 5.32 Å². The number of hydrogen-bond donors (Lipinski definition) is 2. The van der Waals surface area contributed by atoms with Gasteiger partial charge in [-0.05, 0) is 42.6 Å². The summed E-state index contributed by atoms with van der Waals surface area (Å²) < 4.78 is 1.34. The topological polar surface area (TPSA) is 40.7 Å². The molecule has 0 bridgehead atoms. The smallest absolute Gasteiger partial charge is 0.0670 e. The van der Waals surface area contributed by atoms with E-state index in [1.807, 2.05) is 17.5 Å². The number of aromatic amines is 1. The number of nitrogens with zero attached hydrogens (tertiary/aromatic N) is 1. The van der Waals surface area contributed by atoms with Crippen LogP contribution in [0, 0.1) is 0 Å². The van der Waals surface area contributed by atoms with Crippen molar-refractivity contribution in [3.05, 3.63) is 59.6 Å². The Hall–Kier alpha value is -2.33. The molecule has 4 rings (SSSR count). The molecule has 2 N–H and O–H groups in total. The molecule has 1 atom stereocenters. The van der Waals surface area contributed by atoms with E-state index in [2.05, 4.69) is 71.0 Å². The molecular formula is C17H15N3S. The normalized spacial score (nSPS) is 12.8. The van der Waals surface area contributed by atoms with Crippen LogP contribution in [0.2, 0.25) is 0 Å². The van der Waals surface area contributed by atoms with Crippen molar-refractivity contribution in [3.63, 3.8) is 0 Å². The van der Waals surface area contributed by atoms with Crippen molar-refractivity contribution in [1.82, 2.24) is 10.2 Å². The van der Waals surface area contributed by atoms with Crippen molar-refractivity contribution in [2.45, 2.75) is 13.0 Å². The standard InChI is InChI=1S/C17H15N3S/c1-11(17-8-12-4-2-3-5-16(12)21-17)19-14-7-6-13-10-18-20-15(13)9-14/h2-11,19H,1H3,(H,18,20). The zero-order chi connectivity index (χ0) is 14.2. The number of hydrogen-bond acceptors (Lipinski definition) is 3. The number of benzene rings is 2. The van der Waals surface area contributed by atoms with Crippen molar-refractivity contribution in [2.24, 2.45) is 0 Å². The summed E-state index contributed by atoms with van der Waals surface area (Å²) >= 11 is 1.85. The van der Waals surface area contributed by atoms with E-state index in [4.69, 9.17) is 0 Å². The van der Waals surface area contributed by atoms with Gasteiger partial charge in [0.2, 0.25) is 0 Å². The Bertz CT molecular complexity index is 873. The molecule has 3 nitrogen and oxygen atoms in total. The average Bonchev–Trinajstić information content (AvgIpc) is 3.13. The van der Waals surface area contributed by atoms with Crippen molar-refractivity contribution in [1.29, 1.82) is 0 Å². The van der Waals surface area contributed by atoms with Crippen LogP contribution in [0.4, 0.5) is 5.69 Å². The Morgan fingerprint density at radius 2 is 2.00 bits per heavy atom. The zero-order valence-electron chi connectivity index (χ0n) is 11.6. The summed E-state index contributed by atoms with van der Waals surface area (Å²) in [5.74, 6) is 0. The molecule has 104 valence electrons. The minimum Gasteiger partial charge on any atom is -0.378 e. The number of fused-ring (bicyclic) bond motifs is 2. The number of aromatic nitrogens is 2. The predicted octanol–water partition coefficient (Wildman–Crippen LogP) is 4.95. The molecule has 2 aromatic carbocycles. The maximum absolute atomic E-state index is 4.06. The molecule has 0 amide bonds. The highest BCUT2D eigenvalue weighted by Gasteiger charge is 2.10. The Morgan fingerprint density at radius 1 is 1.10 bits per heavy atom. The molecule has 2 aromatic heterocycles. The average molecular weight is 293 g/mol. The Morgan fingerprint density at radius 3 is 2.90 bits per heavy atom. The molecule has 0 radical (unpaired) electrons. The van der Waals surface area contributed by atoms with Gasteiger partial charge in [-0.3, -0.25) is 5.10 Å². The third kappa shape index (κ3) is 2.28. The first-order valence-electron chi connectivity index (χ1n) is 6.98. The molecule has 0 aliphatic rings. The third-order valence-electron chi connectivity index (χ3n) is 3.70. The minimum atomic E-state index is 0.280. The highest BCUT2D eigenvalue weighted by Crippen LogP contribution is 2.31. The van der Waals surface area contributed by atoms with Gasteiger partial charge in [-0.1, -0.05) is 18.2 Å². The van der Waals surface area contributed by atoms with E-state index >= 15 is 0 Å². The van der Waals surface area contributed by atoms with Crippen LogP contribution in [0.5, 0.6) is 0 Å². The SMILES string of the molecule is CC(Nc1ccc2cn[nH]c2c1)c1cc2ccccc2s1. The number of H-pyrrole nitrogens is 1. The molecule has 4 heteroatoms. The molecule has 0 aliphatic heterocycles. The quantitative estimate of drug-likeness (QED) is 0.561. The molecule has 0 saturated heterocycles. The Balaban J connectivity index is 1.63. The summed E-state index contributed by atoms with van der Waals surface area (Å²) in [5.41, 5.74) is 2.17. The van der Waals surface area contributed by atoms with E-state index in [-0.39, 0.29) is 6.04 Å². The van der Waals surface area contributed by atoms with Gasteiger partial charge >= 0.3 is 0 Å². The van der Waals surface area contributed by atoms with Gasteiger partial charge in [0.05, 0.1) is 17.8 Å². The highest BCUT2D eigenvalue weighted by molar-refractivity contribution is 7.19. The fraction of sp³-hybridized carbons (Fsp3) is 0.118. The first-order valence-corrected chi connectivity index (χ1v) is 7.79. The van der Waals surface area contributed by atoms with E-state index in [1.54, 1.807) is 0 Å². The molecule has 1 unspecified atom stereocenters. The maximum atomic E-state index is 4.06. The van der Waals surface area contributed by atoms with Gasteiger partial charge in [0.1, 0.15) is 0 Å².